The summed E-state index contributed by atoms with van der Waals surface area (Å²) in [4.78, 5) is 0.356. The molecule has 4 heteroatoms. The monoisotopic (exact) mass is 277 g/mol. The highest BCUT2D eigenvalue weighted by atomic mass is 32.2. The first-order valence-electron chi connectivity index (χ1n) is 6.48. The largest absolute Gasteiger partial charge is 0.241 e. The molecule has 2 rings (SSSR count). The van der Waals surface area contributed by atoms with Gasteiger partial charge in [-0.1, -0.05) is 50.2 Å². The Morgan fingerprint density at radius 1 is 1.05 bits per heavy atom. The number of nitrogens with one attached hydrogen (secondary N) is 1. The Balaban J connectivity index is 2.33. The average Bonchev–Trinajstić information content (AvgIpc) is 2.37. The molecule has 0 saturated carbocycles. The van der Waals surface area contributed by atoms with Crippen LogP contribution in [0.3, 0.4) is 0 Å². The molecule has 2 aromatic rings. The van der Waals surface area contributed by atoms with E-state index in [0.29, 0.717) is 17.4 Å². The van der Waals surface area contributed by atoms with E-state index in [-0.39, 0.29) is 0 Å². The second-order valence-electron chi connectivity index (χ2n) is 5.06. The first-order chi connectivity index (χ1) is 9.00. The molecule has 2 aromatic carbocycles. The first-order valence-corrected chi connectivity index (χ1v) is 7.96. The van der Waals surface area contributed by atoms with Crippen molar-refractivity contribution in [1.82, 2.24) is 4.72 Å². The minimum absolute atomic E-state index is 0.356. The quantitative estimate of drug-likeness (QED) is 0.912. The summed E-state index contributed by atoms with van der Waals surface area (Å²) >= 11 is 0. The van der Waals surface area contributed by atoms with Gasteiger partial charge in [-0.05, 0) is 23.8 Å². The minimum Gasteiger partial charge on any atom is -0.211 e. The van der Waals surface area contributed by atoms with Crippen LogP contribution in [0.25, 0.3) is 10.8 Å². The summed E-state index contributed by atoms with van der Waals surface area (Å²) in [5.74, 6) is 0.482. The molecule has 0 unspecified atom stereocenters. The summed E-state index contributed by atoms with van der Waals surface area (Å²) in [5, 5.41) is 1.70. The second-order valence-corrected chi connectivity index (χ2v) is 6.79. The first kappa shape index (κ1) is 14.0. The molecule has 102 valence electrons. The number of fused-ring (bicyclic) bond motifs is 1. The number of sulfonamides is 1. The van der Waals surface area contributed by atoms with Crippen molar-refractivity contribution in [3.63, 3.8) is 0 Å². The van der Waals surface area contributed by atoms with E-state index >= 15 is 0 Å². The van der Waals surface area contributed by atoms with Crippen LogP contribution in [0.2, 0.25) is 0 Å². The third kappa shape index (κ3) is 3.33. The van der Waals surface area contributed by atoms with E-state index in [1.807, 2.05) is 30.3 Å². The molecule has 0 saturated heterocycles. The molecular weight excluding hydrogens is 258 g/mol. The van der Waals surface area contributed by atoms with Crippen LogP contribution >= 0.6 is 0 Å². The van der Waals surface area contributed by atoms with Crippen LogP contribution in [-0.2, 0) is 10.0 Å². The fourth-order valence-corrected chi connectivity index (χ4v) is 3.26. The predicted octanol–water partition coefficient (Wildman–Crippen LogP) is 3.16. The van der Waals surface area contributed by atoms with E-state index in [9.17, 15) is 8.42 Å². The molecule has 19 heavy (non-hydrogen) atoms. The van der Waals surface area contributed by atoms with Gasteiger partial charge < -0.3 is 0 Å². The number of hydrogen-bond acceptors (Lipinski definition) is 2. The van der Waals surface area contributed by atoms with E-state index < -0.39 is 10.0 Å². The Morgan fingerprint density at radius 2 is 1.74 bits per heavy atom. The van der Waals surface area contributed by atoms with E-state index in [1.54, 1.807) is 12.1 Å². The zero-order chi connectivity index (χ0) is 13.9. The molecule has 0 aromatic heterocycles. The van der Waals surface area contributed by atoms with Crippen molar-refractivity contribution in [2.45, 2.75) is 25.2 Å². The summed E-state index contributed by atoms with van der Waals surface area (Å²) in [7, 11) is -3.43. The summed E-state index contributed by atoms with van der Waals surface area (Å²) in [6.45, 7) is 4.63. The molecule has 0 aliphatic carbocycles. The summed E-state index contributed by atoms with van der Waals surface area (Å²) in [6.07, 6.45) is 0.837. The van der Waals surface area contributed by atoms with E-state index in [4.69, 9.17) is 0 Å². The lowest BCUT2D eigenvalue weighted by Crippen LogP contribution is -2.25. The molecule has 1 N–H and O–H groups in total. The van der Waals surface area contributed by atoms with E-state index in [0.717, 1.165) is 17.2 Å². The lowest BCUT2D eigenvalue weighted by molar-refractivity contribution is 0.552. The standard InChI is InChI=1S/C15H19NO2S/c1-12(2)10-11-16-19(17,18)15-9-5-7-13-6-3-4-8-14(13)15/h3-9,12,16H,10-11H2,1-2H3. The van der Waals surface area contributed by atoms with Crippen molar-refractivity contribution in [2.24, 2.45) is 5.92 Å². The van der Waals surface area contributed by atoms with Crippen LogP contribution in [-0.4, -0.2) is 15.0 Å². The van der Waals surface area contributed by atoms with Gasteiger partial charge in [-0.3, -0.25) is 0 Å². The van der Waals surface area contributed by atoms with Gasteiger partial charge in [0.25, 0.3) is 0 Å². The molecular formula is C15H19NO2S. The fraction of sp³-hybridized carbons (Fsp3) is 0.333. The Morgan fingerprint density at radius 3 is 2.47 bits per heavy atom. The lowest BCUT2D eigenvalue weighted by atomic mass is 10.1. The SMILES string of the molecule is CC(C)CCNS(=O)(=O)c1cccc2ccccc12. The molecule has 0 aliphatic heterocycles. The van der Waals surface area contributed by atoms with Gasteiger partial charge in [0.2, 0.25) is 10.0 Å². The highest BCUT2D eigenvalue weighted by Gasteiger charge is 2.16. The molecule has 0 atom stereocenters. The molecule has 0 aliphatic rings. The summed E-state index contributed by atoms with van der Waals surface area (Å²) in [6, 6.07) is 12.9. The van der Waals surface area contributed by atoms with Gasteiger partial charge in [-0.25, -0.2) is 13.1 Å². The molecule has 0 fully saturated rings. The lowest BCUT2D eigenvalue weighted by Gasteiger charge is -2.10. The minimum atomic E-state index is -3.43. The van der Waals surface area contributed by atoms with Crippen LogP contribution in [0.15, 0.2) is 47.4 Å². The van der Waals surface area contributed by atoms with E-state index in [2.05, 4.69) is 18.6 Å². The normalized spacial score (nSPS) is 12.2. The van der Waals surface area contributed by atoms with Crippen LogP contribution in [0.5, 0.6) is 0 Å². The third-order valence-corrected chi connectivity index (χ3v) is 4.57. The maximum absolute atomic E-state index is 12.3. The summed E-state index contributed by atoms with van der Waals surface area (Å²) in [5.41, 5.74) is 0. The van der Waals surface area contributed by atoms with Crippen molar-refractivity contribution >= 4 is 20.8 Å². The van der Waals surface area contributed by atoms with Gasteiger partial charge >= 0.3 is 0 Å². The number of rotatable bonds is 5. The number of benzene rings is 2. The zero-order valence-electron chi connectivity index (χ0n) is 11.3. The zero-order valence-corrected chi connectivity index (χ0v) is 12.1. The molecule has 0 spiro atoms. The van der Waals surface area contributed by atoms with Crippen LogP contribution in [0.4, 0.5) is 0 Å². The van der Waals surface area contributed by atoms with Gasteiger partial charge in [0.15, 0.2) is 0 Å². The van der Waals surface area contributed by atoms with Crippen LogP contribution in [0.1, 0.15) is 20.3 Å². The van der Waals surface area contributed by atoms with Crippen molar-refractivity contribution in [3.05, 3.63) is 42.5 Å². The topological polar surface area (TPSA) is 46.2 Å². The summed E-state index contributed by atoms with van der Waals surface area (Å²) < 4.78 is 27.3. The Bertz CT molecular complexity index is 657. The number of hydrogen-bond donors (Lipinski definition) is 1. The maximum Gasteiger partial charge on any atom is 0.241 e. The van der Waals surface area contributed by atoms with Gasteiger partial charge in [-0.15, -0.1) is 0 Å². The van der Waals surface area contributed by atoms with Crippen molar-refractivity contribution in [2.75, 3.05) is 6.54 Å². The van der Waals surface area contributed by atoms with Gasteiger partial charge in [0.1, 0.15) is 0 Å². The highest BCUT2D eigenvalue weighted by molar-refractivity contribution is 7.89. The fourth-order valence-electron chi connectivity index (χ4n) is 1.99. The molecule has 0 heterocycles. The average molecular weight is 277 g/mol. The highest BCUT2D eigenvalue weighted by Crippen LogP contribution is 2.22. The molecule has 0 bridgehead atoms. The molecule has 3 nitrogen and oxygen atoms in total. The Kier molecular flexibility index (Phi) is 4.22. The maximum atomic E-state index is 12.3. The second kappa shape index (κ2) is 5.72. The van der Waals surface area contributed by atoms with Crippen molar-refractivity contribution in [3.8, 4) is 0 Å². The van der Waals surface area contributed by atoms with Crippen molar-refractivity contribution < 1.29 is 8.42 Å². The van der Waals surface area contributed by atoms with E-state index in [1.165, 1.54) is 0 Å². The van der Waals surface area contributed by atoms with Crippen LogP contribution in [0, 0.1) is 5.92 Å². The third-order valence-electron chi connectivity index (χ3n) is 3.05. The predicted molar refractivity (Wildman–Crippen MR) is 78.6 cm³/mol. The van der Waals surface area contributed by atoms with Crippen LogP contribution < -0.4 is 4.72 Å². The molecule has 0 amide bonds. The van der Waals surface area contributed by atoms with Crippen molar-refractivity contribution in [1.29, 1.82) is 0 Å². The molecule has 0 radical (unpaired) electrons. The van der Waals surface area contributed by atoms with Gasteiger partial charge in [-0.2, -0.15) is 0 Å². The van der Waals surface area contributed by atoms with Gasteiger partial charge in [0, 0.05) is 11.9 Å². The smallest absolute Gasteiger partial charge is 0.211 e. The van der Waals surface area contributed by atoms with Gasteiger partial charge in [0.05, 0.1) is 4.90 Å². The Labute approximate surface area is 114 Å². The Hall–Kier alpha value is -1.39.